The summed E-state index contributed by atoms with van der Waals surface area (Å²) >= 11 is 6.46. The largest absolute Gasteiger partial charge is 0.496 e. The molecule has 0 spiro atoms. The van der Waals surface area contributed by atoms with Crippen LogP contribution in [0.5, 0.6) is 11.5 Å². The standard InChI is InChI=1S/C20H15ClF2O2/c1-24-16-9-5-3-7-12(16)18-14(22)11-15(23)19(20(18)21)13-8-4-6-10-17(13)25-2/h3-11H,1-2H3. The van der Waals surface area contributed by atoms with Crippen molar-refractivity contribution in [2.45, 2.75) is 0 Å². The van der Waals surface area contributed by atoms with Crippen molar-refractivity contribution in [3.63, 3.8) is 0 Å². The van der Waals surface area contributed by atoms with E-state index in [2.05, 4.69) is 0 Å². The maximum atomic E-state index is 14.6. The molecule has 3 aromatic rings. The number of rotatable bonds is 4. The van der Waals surface area contributed by atoms with Gasteiger partial charge < -0.3 is 9.47 Å². The zero-order chi connectivity index (χ0) is 18.0. The van der Waals surface area contributed by atoms with Crippen LogP contribution < -0.4 is 9.47 Å². The summed E-state index contributed by atoms with van der Waals surface area (Å²) in [5.41, 5.74) is 1.06. The molecule has 0 aliphatic heterocycles. The minimum atomic E-state index is -0.759. The van der Waals surface area contributed by atoms with Gasteiger partial charge in [0.2, 0.25) is 0 Å². The van der Waals surface area contributed by atoms with Crippen molar-refractivity contribution in [3.8, 4) is 33.8 Å². The third kappa shape index (κ3) is 3.05. The molecule has 0 atom stereocenters. The lowest BCUT2D eigenvalue weighted by atomic mass is 9.96. The van der Waals surface area contributed by atoms with Gasteiger partial charge in [0.05, 0.1) is 19.2 Å². The fraction of sp³-hybridized carbons (Fsp3) is 0.100. The molecular weight excluding hydrogens is 346 g/mol. The second-order valence-electron chi connectivity index (χ2n) is 5.30. The monoisotopic (exact) mass is 360 g/mol. The highest BCUT2D eigenvalue weighted by atomic mass is 35.5. The summed E-state index contributed by atoms with van der Waals surface area (Å²) in [6.07, 6.45) is 0. The van der Waals surface area contributed by atoms with Gasteiger partial charge in [-0.05, 0) is 12.1 Å². The maximum absolute atomic E-state index is 14.6. The molecule has 0 aromatic heterocycles. The molecule has 0 unspecified atom stereocenters. The van der Waals surface area contributed by atoms with E-state index in [0.29, 0.717) is 22.6 Å². The van der Waals surface area contributed by atoms with Gasteiger partial charge >= 0.3 is 0 Å². The normalized spacial score (nSPS) is 10.6. The Hall–Kier alpha value is -2.59. The van der Waals surface area contributed by atoms with Crippen LogP contribution in [-0.2, 0) is 0 Å². The Morgan fingerprint density at radius 2 is 1.12 bits per heavy atom. The van der Waals surface area contributed by atoms with Gasteiger partial charge in [-0.2, -0.15) is 0 Å². The minimum Gasteiger partial charge on any atom is -0.496 e. The Kier molecular flexibility index (Phi) is 4.91. The van der Waals surface area contributed by atoms with Crippen LogP contribution in [0.15, 0.2) is 54.6 Å². The van der Waals surface area contributed by atoms with Crippen molar-refractivity contribution in [2.75, 3.05) is 14.2 Å². The number of para-hydroxylation sites is 2. The average Bonchev–Trinajstić information content (AvgIpc) is 2.62. The highest BCUT2D eigenvalue weighted by Gasteiger charge is 2.23. The smallest absolute Gasteiger partial charge is 0.135 e. The number of hydrogen-bond donors (Lipinski definition) is 0. The summed E-state index contributed by atoms with van der Waals surface area (Å²) in [7, 11) is 2.96. The lowest BCUT2D eigenvalue weighted by Crippen LogP contribution is -1.97. The number of benzene rings is 3. The molecule has 0 saturated carbocycles. The van der Waals surface area contributed by atoms with Gasteiger partial charge in [0.15, 0.2) is 0 Å². The van der Waals surface area contributed by atoms with Crippen molar-refractivity contribution in [1.82, 2.24) is 0 Å². The minimum absolute atomic E-state index is 0.0356. The van der Waals surface area contributed by atoms with Crippen molar-refractivity contribution in [3.05, 3.63) is 71.3 Å². The van der Waals surface area contributed by atoms with E-state index in [1.165, 1.54) is 14.2 Å². The first-order chi connectivity index (χ1) is 12.1. The van der Waals surface area contributed by atoms with Crippen molar-refractivity contribution in [1.29, 1.82) is 0 Å². The van der Waals surface area contributed by atoms with E-state index in [1.54, 1.807) is 48.5 Å². The number of hydrogen-bond acceptors (Lipinski definition) is 2. The Morgan fingerprint density at radius 1 is 0.720 bits per heavy atom. The third-order valence-electron chi connectivity index (χ3n) is 3.92. The average molecular weight is 361 g/mol. The summed E-state index contributed by atoms with van der Waals surface area (Å²) in [5.74, 6) is -0.627. The molecule has 25 heavy (non-hydrogen) atoms. The van der Waals surface area contributed by atoms with Gasteiger partial charge in [0, 0.05) is 28.3 Å². The summed E-state index contributed by atoms with van der Waals surface area (Å²) in [6.45, 7) is 0. The van der Waals surface area contributed by atoms with Crippen LogP contribution in [0.3, 0.4) is 0 Å². The van der Waals surface area contributed by atoms with Crippen LogP contribution in [0.4, 0.5) is 8.78 Å². The molecule has 0 fully saturated rings. The molecule has 0 saturated heterocycles. The fourth-order valence-corrected chi connectivity index (χ4v) is 3.17. The molecule has 3 aromatic carbocycles. The van der Waals surface area contributed by atoms with E-state index < -0.39 is 11.6 Å². The predicted molar refractivity (Wildman–Crippen MR) is 95.3 cm³/mol. The summed E-state index contributed by atoms with van der Waals surface area (Å²) in [4.78, 5) is 0. The predicted octanol–water partition coefficient (Wildman–Crippen LogP) is 5.97. The van der Waals surface area contributed by atoms with Gasteiger partial charge in [-0.25, -0.2) is 8.78 Å². The molecule has 0 heterocycles. The fourth-order valence-electron chi connectivity index (χ4n) is 2.79. The van der Waals surface area contributed by atoms with Crippen LogP contribution in [-0.4, -0.2) is 14.2 Å². The van der Waals surface area contributed by atoms with Crippen molar-refractivity contribution in [2.24, 2.45) is 0 Å². The zero-order valence-corrected chi connectivity index (χ0v) is 14.4. The Balaban J connectivity index is 2.33. The topological polar surface area (TPSA) is 18.5 Å². The van der Waals surface area contributed by atoms with Crippen LogP contribution in [0, 0.1) is 11.6 Å². The molecule has 128 valence electrons. The number of ether oxygens (including phenoxy) is 2. The van der Waals surface area contributed by atoms with Crippen molar-refractivity contribution < 1.29 is 18.3 Å². The van der Waals surface area contributed by atoms with Crippen LogP contribution >= 0.6 is 11.6 Å². The highest BCUT2D eigenvalue weighted by molar-refractivity contribution is 6.36. The molecule has 0 aliphatic rings. The molecular formula is C20H15ClF2O2. The van der Waals surface area contributed by atoms with Crippen LogP contribution in [0.25, 0.3) is 22.3 Å². The van der Waals surface area contributed by atoms with Gasteiger partial charge in [-0.15, -0.1) is 0 Å². The molecule has 0 amide bonds. The summed E-state index contributed by atoms with van der Waals surface area (Å²) in [6, 6.07) is 14.6. The molecule has 3 rings (SSSR count). The molecule has 2 nitrogen and oxygen atoms in total. The van der Waals surface area contributed by atoms with E-state index in [-0.39, 0.29) is 16.1 Å². The molecule has 5 heteroatoms. The maximum Gasteiger partial charge on any atom is 0.135 e. The highest BCUT2D eigenvalue weighted by Crippen LogP contribution is 2.45. The van der Waals surface area contributed by atoms with Crippen LogP contribution in [0.1, 0.15) is 0 Å². The summed E-state index contributed by atoms with van der Waals surface area (Å²) in [5, 5.41) is -0.0356. The Morgan fingerprint density at radius 3 is 1.52 bits per heavy atom. The lowest BCUT2D eigenvalue weighted by molar-refractivity contribution is 0.416. The van der Waals surface area contributed by atoms with E-state index in [4.69, 9.17) is 21.1 Å². The van der Waals surface area contributed by atoms with E-state index in [0.717, 1.165) is 6.07 Å². The van der Waals surface area contributed by atoms with Gasteiger partial charge in [-0.1, -0.05) is 48.0 Å². The van der Waals surface area contributed by atoms with Crippen molar-refractivity contribution >= 4 is 11.6 Å². The molecule has 0 bridgehead atoms. The molecule has 0 aliphatic carbocycles. The summed E-state index contributed by atoms with van der Waals surface area (Å²) < 4.78 is 39.7. The molecule has 0 radical (unpaired) electrons. The quantitative estimate of drug-likeness (QED) is 0.570. The van der Waals surface area contributed by atoms with E-state index >= 15 is 0 Å². The third-order valence-corrected chi connectivity index (χ3v) is 4.30. The first-order valence-electron chi connectivity index (χ1n) is 7.52. The van der Waals surface area contributed by atoms with Crippen LogP contribution in [0.2, 0.25) is 5.02 Å². The van der Waals surface area contributed by atoms with Gasteiger partial charge in [0.1, 0.15) is 23.1 Å². The number of halogens is 3. The molecule has 0 N–H and O–H groups in total. The van der Waals surface area contributed by atoms with Gasteiger partial charge in [0.25, 0.3) is 0 Å². The Labute approximate surface area is 149 Å². The SMILES string of the molecule is COc1ccccc1-c1c(F)cc(F)c(-c2ccccc2OC)c1Cl. The van der Waals surface area contributed by atoms with Gasteiger partial charge in [-0.3, -0.25) is 0 Å². The second-order valence-corrected chi connectivity index (χ2v) is 5.68. The Bertz CT molecular complexity index is 854. The lowest BCUT2D eigenvalue weighted by Gasteiger charge is -2.16. The first-order valence-corrected chi connectivity index (χ1v) is 7.90. The number of methoxy groups -OCH3 is 2. The van der Waals surface area contributed by atoms with E-state index in [1.807, 2.05) is 0 Å². The van der Waals surface area contributed by atoms with E-state index in [9.17, 15) is 8.78 Å². The second kappa shape index (κ2) is 7.11. The zero-order valence-electron chi connectivity index (χ0n) is 13.6. The first kappa shape index (κ1) is 17.2.